The summed E-state index contributed by atoms with van der Waals surface area (Å²) in [5, 5.41) is 5.85. The monoisotopic (exact) mass is 407 g/mol. The number of anilines is 2. The lowest BCUT2D eigenvalue weighted by Crippen LogP contribution is -2.37. The molecule has 1 aliphatic rings. The zero-order chi connectivity index (χ0) is 19.9. The van der Waals surface area contributed by atoms with Crippen molar-refractivity contribution in [3.8, 4) is 11.5 Å². The second kappa shape index (κ2) is 9.43. The van der Waals surface area contributed by atoms with Gasteiger partial charge in [-0.05, 0) is 12.1 Å². The van der Waals surface area contributed by atoms with Gasteiger partial charge in [0.25, 0.3) is 0 Å². The number of methoxy groups -OCH3 is 2. The molecule has 2 amide bonds. The third-order valence-electron chi connectivity index (χ3n) is 4.15. The Bertz CT molecular complexity index is 830. The SMILES string of the molecule is COc1cc(OC)c(NC(=O)NCc2ccnc(N3CCOCC3)n2)cc1Cl. The summed E-state index contributed by atoms with van der Waals surface area (Å²) < 4.78 is 15.8. The van der Waals surface area contributed by atoms with Gasteiger partial charge >= 0.3 is 6.03 Å². The summed E-state index contributed by atoms with van der Waals surface area (Å²) in [6.45, 7) is 3.05. The number of carbonyl (C=O) groups excluding carboxylic acids is 1. The number of aromatic nitrogens is 2. The van der Waals surface area contributed by atoms with E-state index in [4.69, 9.17) is 25.8 Å². The minimum Gasteiger partial charge on any atom is -0.495 e. The number of morpholine rings is 1. The van der Waals surface area contributed by atoms with Crippen molar-refractivity contribution in [2.75, 3.05) is 50.7 Å². The Hall–Kier alpha value is -2.78. The van der Waals surface area contributed by atoms with Crippen LogP contribution in [0, 0.1) is 0 Å². The zero-order valence-corrected chi connectivity index (χ0v) is 16.5. The highest BCUT2D eigenvalue weighted by Gasteiger charge is 2.15. The summed E-state index contributed by atoms with van der Waals surface area (Å²) in [6.07, 6.45) is 1.68. The van der Waals surface area contributed by atoms with E-state index in [0.29, 0.717) is 47.1 Å². The van der Waals surface area contributed by atoms with Gasteiger partial charge in [0.15, 0.2) is 0 Å². The largest absolute Gasteiger partial charge is 0.495 e. The fraction of sp³-hybridized carbons (Fsp3) is 0.389. The predicted octanol–water partition coefficient (Wildman–Crippen LogP) is 2.31. The maximum atomic E-state index is 12.3. The predicted molar refractivity (Wildman–Crippen MR) is 105 cm³/mol. The molecule has 1 aromatic heterocycles. The molecule has 3 rings (SSSR count). The lowest BCUT2D eigenvalue weighted by molar-refractivity contribution is 0.122. The van der Waals surface area contributed by atoms with Gasteiger partial charge in [0.1, 0.15) is 11.5 Å². The summed E-state index contributed by atoms with van der Waals surface area (Å²) in [6, 6.07) is 4.53. The van der Waals surface area contributed by atoms with Crippen molar-refractivity contribution >= 4 is 29.3 Å². The molecule has 1 fully saturated rings. The molecular weight excluding hydrogens is 386 g/mol. The Kier molecular flexibility index (Phi) is 6.72. The van der Waals surface area contributed by atoms with Crippen LogP contribution in [0.15, 0.2) is 24.4 Å². The van der Waals surface area contributed by atoms with Crippen LogP contribution in [0.2, 0.25) is 5.02 Å². The van der Waals surface area contributed by atoms with Crippen LogP contribution in [0.5, 0.6) is 11.5 Å². The Labute approximate surface area is 168 Å². The van der Waals surface area contributed by atoms with E-state index >= 15 is 0 Å². The molecule has 10 heteroatoms. The van der Waals surface area contributed by atoms with Crippen molar-refractivity contribution in [2.45, 2.75) is 6.54 Å². The minimum absolute atomic E-state index is 0.248. The average molecular weight is 408 g/mol. The molecule has 1 saturated heterocycles. The molecule has 1 aromatic carbocycles. The first-order valence-electron chi connectivity index (χ1n) is 8.71. The van der Waals surface area contributed by atoms with Gasteiger partial charge < -0.3 is 29.7 Å². The first-order chi connectivity index (χ1) is 13.6. The number of halogens is 1. The number of carbonyl (C=O) groups is 1. The number of rotatable bonds is 6. The van der Waals surface area contributed by atoms with E-state index in [1.54, 1.807) is 24.4 Å². The molecule has 2 heterocycles. The number of nitrogens with zero attached hydrogens (tertiary/aromatic N) is 3. The lowest BCUT2D eigenvalue weighted by atomic mass is 10.2. The van der Waals surface area contributed by atoms with Gasteiger partial charge in [-0.1, -0.05) is 11.6 Å². The van der Waals surface area contributed by atoms with Crippen molar-refractivity contribution in [1.82, 2.24) is 15.3 Å². The molecule has 0 spiro atoms. The number of amides is 2. The number of hydrogen-bond acceptors (Lipinski definition) is 7. The topological polar surface area (TPSA) is 97.8 Å². The van der Waals surface area contributed by atoms with E-state index in [9.17, 15) is 4.79 Å². The second-order valence-corrected chi connectivity index (χ2v) is 6.35. The highest BCUT2D eigenvalue weighted by atomic mass is 35.5. The van der Waals surface area contributed by atoms with Crippen LogP contribution in [-0.2, 0) is 11.3 Å². The quantitative estimate of drug-likeness (QED) is 0.758. The van der Waals surface area contributed by atoms with Gasteiger partial charge in [-0.15, -0.1) is 0 Å². The molecule has 0 radical (unpaired) electrons. The van der Waals surface area contributed by atoms with Gasteiger partial charge in [-0.3, -0.25) is 0 Å². The Balaban J connectivity index is 1.61. The number of benzene rings is 1. The minimum atomic E-state index is -0.411. The molecule has 0 saturated carbocycles. The van der Waals surface area contributed by atoms with E-state index in [0.717, 1.165) is 13.1 Å². The maximum Gasteiger partial charge on any atom is 0.319 e. The fourth-order valence-electron chi connectivity index (χ4n) is 2.69. The number of urea groups is 1. The summed E-state index contributed by atoms with van der Waals surface area (Å²) in [4.78, 5) is 23.1. The molecular formula is C18H22ClN5O4. The third kappa shape index (κ3) is 4.93. The summed E-state index contributed by atoms with van der Waals surface area (Å²) in [7, 11) is 3.01. The lowest BCUT2D eigenvalue weighted by Gasteiger charge is -2.26. The van der Waals surface area contributed by atoms with E-state index < -0.39 is 6.03 Å². The highest BCUT2D eigenvalue weighted by molar-refractivity contribution is 6.32. The molecule has 1 aliphatic heterocycles. The van der Waals surface area contributed by atoms with Gasteiger partial charge in [-0.25, -0.2) is 14.8 Å². The van der Waals surface area contributed by atoms with Crippen LogP contribution < -0.4 is 25.0 Å². The Morgan fingerprint density at radius 1 is 1.25 bits per heavy atom. The van der Waals surface area contributed by atoms with Gasteiger partial charge in [0, 0.05) is 25.4 Å². The molecule has 9 nitrogen and oxygen atoms in total. The molecule has 2 N–H and O–H groups in total. The summed E-state index contributed by atoms with van der Waals surface area (Å²) in [5.41, 5.74) is 1.13. The molecule has 0 unspecified atom stereocenters. The van der Waals surface area contributed by atoms with Crippen molar-refractivity contribution in [2.24, 2.45) is 0 Å². The molecule has 0 atom stereocenters. The highest BCUT2D eigenvalue weighted by Crippen LogP contribution is 2.35. The first-order valence-corrected chi connectivity index (χ1v) is 9.09. The number of ether oxygens (including phenoxy) is 3. The van der Waals surface area contributed by atoms with Crippen LogP contribution in [0.3, 0.4) is 0 Å². The van der Waals surface area contributed by atoms with Crippen LogP contribution in [0.25, 0.3) is 0 Å². The Morgan fingerprint density at radius 2 is 2.00 bits per heavy atom. The molecule has 0 aliphatic carbocycles. The van der Waals surface area contributed by atoms with Crippen LogP contribution >= 0.6 is 11.6 Å². The normalized spacial score (nSPS) is 13.8. The van der Waals surface area contributed by atoms with Crippen molar-refractivity contribution in [1.29, 1.82) is 0 Å². The van der Waals surface area contributed by atoms with E-state index in [2.05, 4.69) is 25.5 Å². The van der Waals surface area contributed by atoms with E-state index in [1.165, 1.54) is 14.2 Å². The van der Waals surface area contributed by atoms with Gasteiger partial charge in [-0.2, -0.15) is 0 Å². The van der Waals surface area contributed by atoms with Crippen LogP contribution in [0.1, 0.15) is 5.69 Å². The Morgan fingerprint density at radius 3 is 2.71 bits per heavy atom. The fourth-order valence-corrected chi connectivity index (χ4v) is 2.93. The maximum absolute atomic E-state index is 12.3. The molecule has 2 aromatic rings. The summed E-state index contributed by atoms with van der Waals surface area (Å²) in [5.74, 6) is 1.53. The van der Waals surface area contributed by atoms with Crippen LogP contribution in [0.4, 0.5) is 16.4 Å². The van der Waals surface area contributed by atoms with Crippen molar-refractivity contribution in [3.63, 3.8) is 0 Å². The first kappa shape index (κ1) is 20.0. The zero-order valence-electron chi connectivity index (χ0n) is 15.7. The van der Waals surface area contributed by atoms with Crippen molar-refractivity contribution in [3.05, 3.63) is 35.1 Å². The standard InChI is InChI=1S/C18H22ClN5O4/c1-26-15-10-16(27-2)14(9-13(15)19)23-18(25)21-11-12-3-4-20-17(22-12)24-5-7-28-8-6-24/h3-4,9-10H,5-8,11H2,1-2H3,(H2,21,23,25). The van der Waals surface area contributed by atoms with Crippen LogP contribution in [-0.4, -0.2) is 56.5 Å². The molecule has 150 valence electrons. The number of hydrogen-bond donors (Lipinski definition) is 2. The van der Waals surface area contributed by atoms with E-state index in [1.807, 2.05) is 0 Å². The third-order valence-corrected chi connectivity index (χ3v) is 4.44. The smallest absolute Gasteiger partial charge is 0.319 e. The average Bonchev–Trinajstić information content (AvgIpc) is 2.73. The van der Waals surface area contributed by atoms with Gasteiger partial charge in [0.05, 0.1) is 50.4 Å². The second-order valence-electron chi connectivity index (χ2n) is 5.94. The van der Waals surface area contributed by atoms with E-state index in [-0.39, 0.29) is 6.54 Å². The van der Waals surface area contributed by atoms with Gasteiger partial charge in [0.2, 0.25) is 5.95 Å². The molecule has 0 bridgehead atoms. The van der Waals surface area contributed by atoms with Crippen molar-refractivity contribution < 1.29 is 19.0 Å². The number of nitrogens with one attached hydrogen (secondary N) is 2. The summed E-state index contributed by atoms with van der Waals surface area (Å²) >= 11 is 6.12. The molecule has 28 heavy (non-hydrogen) atoms.